The Bertz CT molecular complexity index is 704. The first-order valence-corrected chi connectivity index (χ1v) is 6.19. The summed E-state index contributed by atoms with van der Waals surface area (Å²) in [6.07, 6.45) is 5.86. The van der Waals surface area contributed by atoms with Crippen molar-refractivity contribution in [1.29, 1.82) is 0 Å². The van der Waals surface area contributed by atoms with E-state index in [2.05, 4.69) is 9.97 Å². The van der Waals surface area contributed by atoms with Crippen LogP contribution in [-0.2, 0) is 6.42 Å². The van der Waals surface area contributed by atoms with Crippen LogP contribution in [-0.4, -0.2) is 20.4 Å². The van der Waals surface area contributed by atoms with Crippen molar-refractivity contribution in [2.75, 3.05) is 0 Å². The van der Waals surface area contributed by atoms with Gasteiger partial charge in [0.2, 0.25) is 5.91 Å². The number of para-hydroxylation sites is 1. The van der Waals surface area contributed by atoms with E-state index in [0.717, 1.165) is 16.6 Å². The zero-order valence-electron chi connectivity index (χ0n) is 10.4. The fraction of sp³-hybridized carbons (Fsp3) is 0.133. The molecule has 19 heavy (non-hydrogen) atoms. The molecule has 0 amide bonds. The summed E-state index contributed by atoms with van der Waals surface area (Å²) < 4.78 is 1.50. The Hall–Kier alpha value is -2.49. The summed E-state index contributed by atoms with van der Waals surface area (Å²) in [6.45, 7) is 0. The second-order valence-corrected chi connectivity index (χ2v) is 4.36. The van der Waals surface area contributed by atoms with Gasteiger partial charge in [-0.25, -0.2) is 4.98 Å². The van der Waals surface area contributed by atoms with E-state index in [0.29, 0.717) is 12.8 Å². The van der Waals surface area contributed by atoms with E-state index in [1.165, 1.54) is 10.9 Å². The molecular weight excluding hydrogens is 238 g/mol. The minimum atomic E-state index is 0.0347. The number of benzene rings is 1. The lowest BCUT2D eigenvalue weighted by atomic mass is 10.1. The molecule has 0 saturated carbocycles. The van der Waals surface area contributed by atoms with Crippen LogP contribution in [0.1, 0.15) is 16.9 Å². The third kappa shape index (κ3) is 2.52. The molecule has 0 bridgehead atoms. The summed E-state index contributed by atoms with van der Waals surface area (Å²) in [4.78, 5) is 20.3. The molecule has 0 fully saturated rings. The number of carbonyl (C=O) groups is 1. The molecule has 4 heteroatoms. The zero-order chi connectivity index (χ0) is 13.1. The van der Waals surface area contributed by atoms with E-state index >= 15 is 0 Å². The Morgan fingerprint density at radius 1 is 1.16 bits per heavy atom. The fourth-order valence-electron chi connectivity index (χ4n) is 2.02. The largest absolute Gasteiger partial charge is 0.276 e. The Balaban J connectivity index is 1.73. The topological polar surface area (TPSA) is 47.8 Å². The summed E-state index contributed by atoms with van der Waals surface area (Å²) in [5.41, 5.74) is 1.90. The molecule has 1 aromatic carbocycles. The lowest BCUT2D eigenvalue weighted by Gasteiger charge is -2.03. The first kappa shape index (κ1) is 11.6. The highest BCUT2D eigenvalue weighted by Gasteiger charge is 2.05. The second kappa shape index (κ2) is 5.02. The Morgan fingerprint density at radius 2 is 2.05 bits per heavy atom. The van der Waals surface area contributed by atoms with Gasteiger partial charge in [-0.15, -0.1) is 0 Å². The summed E-state index contributed by atoms with van der Waals surface area (Å²) in [6, 6.07) is 12.0. The summed E-state index contributed by atoms with van der Waals surface area (Å²) in [5, 5.41) is 1.12. The predicted octanol–water partition coefficient (Wildman–Crippen LogP) is 2.70. The van der Waals surface area contributed by atoms with E-state index in [9.17, 15) is 4.79 Å². The normalized spacial score (nSPS) is 10.7. The van der Waals surface area contributed by atoms with E-state index in [1.54, 1.807) is 12.4 Å². The van der Waals surface area contributed by atoms with Gasteiger partial charge >= 0.3 is 0 Å². The molecule has 0 N–H and O–H groups in total. The van der Waals surface area contributed by atoms with Gasteiger partial charge in [0.25, 0.3) is 0 Å². The van der Waals surface area contributed by atoms with E-state index < -0.39 is 0 Å². The van der Waals surface area contributed by atoms with Gasteiger partial charge in [-0.3, -0.25) is 14.3 Å². The molecule has 94 valence electrons. The summed E-state index contributed by atoms with van der Waals surface area (Å²) >= 11 is 0. The number of rotatable bonds is 3. The number of carbonyl (C=O) groups excluding carboxylic acids is 1. The maximum atomic E-state index is 11.8. The van der Waals surface area contributed by atoms with Crippen LogP contribution in [0.2, 0.25) is 0 Å². The van der Waals surface area contributed by atoms with E-state index in [4.69, 9.17) is 0 Å². The van der Waals surface area contributed by atoms with Crippen LogP contribution in [0.3, 0.4) is 0 Å². The van der Waals surface area contributed by atoms with Crippen LogP contribution in [0.4, 0.5) is 0 Å². The minimum Gasteiger partial charge on any atom is -0.276 e. The Morgan fingerprint density at radius 3 is 2.89 bits per heavy atom. The van der Waals surface area contributed by atoms with Gasteiger partial charge in [0.05, 0.1) is 5.52 Å². The van der Waals surface area contributed by atoms with E-state index in [1.807, 2.05) is 36.4 Å². The van der Waals surface area contributed by atoms with Gasteiger partial charge in [0.1, 0.15) is 6.33 Å². The van der Waals surface area contributed by atoms with Crippen LogP contribution in [0.15, 0.2) is 55.1 Å². The Kier molecular flexibility index (Phi) is 3.06. The molecule has 0 saturated heterocycles. The molecule has 0 unspecified atom stereocenters. The van der Waals surface area contributed by atoms with Crippen molar-refractivity contribution < 1.29 is 4.79 Å². The van der Waals surface area contributed by atoms with Gasteiger partial charge in [-0.05, 0) is 18.6 Å². The number of aromatic nitrogens is 3. The number of hydrogen-bond acceptors (Lipinski definition) is 3. The standard InChI is InChI=1S/C15H13N3O/c19-15(18-10-9-16-11-18)8-7-13-6-5-12-3-1-2-4-14(12)17-13/h1-6,9-11H,7-8H2. The minimum absolute atomic E-state index is 0.0347. The van der Waals surface area contributed by atoms with Gasteiger partial charge in [-0.1, -0.05) is 24.3 Å². The maximum Gasteiger partial charge on any atom is 0.232 e. The predicted molar refractivity (Wildman–Crippen MR) is 72.9 cm³/mol. The number of pyridine rings is 1. The van der Waals surface area contributed by atoms with E-state index in [-0.39, 0.29) is 5.91 Å². The molecule has 0 aliphatic heterocycles. The molecule has 0 aliphatic carbocycles. The van der Waals surface area contributed by atoms with Crippen LogP contribution >= 0.6 is 0 Å². The lowest BCUT2D eigenvalue weighted by molar-refractivity contribution is 0.0902. The molecule has 0 spiro atoms. The number of imidazole rings is 1. The first-order chi connectivity index (χ1) is 9.33. The van der Waals surface area contributed by atoms with Crippen molar-refractivity contribution in [2.45, 2.75) is 12.8 Å². The third-order valence-corrected chi connectivity index (χ3v) is 3.04. The molecular formula is C15H13N3O. The molecule has 4 nitrogen and oxygen atoms in total. The maximum absolute atomic E-state index is 11.8. The SMILES string of the molecule is O=C(CCc1ccc2ccccc2n1)n1ccnc1. The van der Waals surface area contributed by atoms with Crippen molar-refractivity contribution in [2.24, 2.45) is 0 Å². The molecule has 0 radical (unpaired) electrons. The van der Waals surface area contributed by atoms with Gasteiger partial charge in [-0.2, -0.15) is 0 Å². The molecule has 0 aliphatic rings. The zero-order valence-corrected chi connectivity index (χ0v) is 10.4. The van der Waals surface area contributed by atoms with Crippen molar-refractivity contribution in [3.63, 3.8) is 0 Å². The van der Waals surface area contributed by atoms with Crippen molar-refractivity contribution in [1.82, 2.24) is 14.5 Å². The molecule has 3 rings (SSSR count). The Labute approximate surface area is 110 Å². The third-order valence-electron chi connectivity index (χ3n) is 3.04. The number of fused-ring (bicyclic) bond motifs is 1. The monoisotopic (exact) mass is 251 g/mol. The fourth-order valence-corrected chi connectivity index (χ4v) is 2.02. The molecule has 2 heterocycles. The average molecular weight is 251 g/mol. The smallest absolute Gasteiger partial charge is 0.232 e. The number of aryl methyl sites for hydroxylation is 1. The van der Waals surface area contributed by atoms with Crippen LogP contribution in [0.5, 0.6) is 0 Å². The van der Waals surface area contributed by atoms with Crippen LogP contribution in [0, 0.1) is 0 Å². The quantitative estimate of drug-likeness (QED) is 0.719. The molecule has 3 aromatic rings. The van der Waals surface area contributed by atoms with Gasteiger partial charge in [0, 0.05) is 29.9 Å². The van der Waals surface area contributed by atoms with Crippen LogP contribution in [0.25, 0.3) is 10.9 Å². The number of nitrogens with zero attached hydrogens (tertiary/aromatic N) is 3. The highest BCUT2D eigenvalue weighted by atomic mass is 16.2. The van der Waals surface area contributed by atoms with Crippen molar-refractivity contribution in [3.8, 4) is 0 Å². The average Bonchev–Trinajstić information content (AvgIpc) is 2.99. The lowest BCUT2D eigenvalue weighted by Crippen LogP contribution is -2.09. The number of hydrogen-bond donors (Lipinski definition) is 0. The molecule has 0 atom stereocenters. The molecule has 2 aromatic heterocycles. The second-order valence-electron chi connectivity index (χ2n) is 4.36. The van der Waals surface area contributed by atoms with Gasteiger partial charge in [0.15, 0.2) is 0 Å². The summed E-state index contributed by atoms with van der Waals surface area (Å²) in [7, 11) is 0. The first-order valence-electron chi connectivity index (χ1n) is 6.19. The van der Waals surface area contributed by atoms with Gasteiger partial charge < -0.3 is 0 Å². The highest BCUT2D eigenvalue weighted by Crippen LogP contribution is 2.12. The summed E-state index contributed by atoms with van der Waals surface area (Å²) in [5.74, 6) is 0.0347. The van der Waals surface area contributed by atoms with Crippen molar-refractivity contribution >= 4 is 16.8 Å². The van der Waals surface area contributed by atoms with Crippen LogP contribution < -0.4 is 0 Å². The highest BCUT2D eigenvalue weighted by molar-refractivity contribution is 5.80. The van der Waals surface area contributed by atoms with Crippen molar-refractivity contribution in [3.05, 3.63) is 60.8 Å².